The molecule has 2 aromatic rings. The molecule has 2 aliphatic rings. The number of carbonyl (C=O) groups excluding carboxylic acids is 1. The number of fused-ring (bicyclic) bond motifs is 2. The van der Waals surface area contributed by atoms with E-state index in [4.69, 9.17) is 9.47 Å². The number of hydrogen-bond donors (Lipinski definition) is 2. The molecule has 2 N–H and O–H groups in total. The second kappa shape index (κ2) is 9.68. The number of amides is 1. The maximum Gasteiger partial charge on any atom is 0.326 e. The molecule has 1 aromatic carbocycles. The molecule has 0 saturated heterocycles. The highest BCUT2D eigenvalue weighted by Crippen LogP contribution is 2.33. The minimum Gasteiger partial charge on any atom is -0.480 e. The zero-order valence-corrected chi connectivity index (χ0v) is 19.1. The van der Waals surface area contributed by atoms with E-state index >= 15 is 0 Å². The molecule has 0 radical (unpaired) electrons. The van der Waals surface area contributed by atoms with Crippen molar-refractivity contribution in [1.82, 2.24) is 9.88 Å². The number of nitrogens with zero attached hydrogens (tertiary/aromatic N) is 1. The van der Waals surface area contributed by atoms with Crippen molar-refractivity contribution in [2.75, 3.05) is 6.79 Å². The smallest absolute Gasteiger partial charge is 0.326 e. The third-order valence-electron chi connectivity index (χ3n) is 6.34. The van der Waals surface area contributed by atoms with Gasteiger partial charge in [-0.2, -0.15) is 0 Å². The Morgan fingerprint density at radius 2 is 1.79 bits per heavy atom. The number of benzene rings is 1. The van der Waals surface area contributed by atoms with Gasteiger partial charge in [-0.05, 0) is 60.9 Å². The first-order chi connectivity index (χ1) is 15.8. The average molecular weight is 455 g/mol. The van der Waals surface area contributed by atoms with E-state index in [9.17, 15) is 19.5 Å². The number of nitrogens with one attached hydrogen (secondary N) is 1. The third kappa shape index (κ3) is 4.89. The first kappa shape index (κ1) is 22.9. The van der Waals surface area contributed by atoms with E-state index in [1.165, 1.54) is 0 Å². The van der Waals surface area contributed by atoms with Crippen molar-refractivity contribution < 1.29 is 24.2 Å². The summed E-state index contributed by atoms with van der Waals surface area (Å²) in [5.41, 5.74) is 2.39. The molecule has 1 atom stereocenters. The summed E-state index contributed by atoms with van der Waals surface area (Å²) < 4.78 is 12.5. The van der Waals surface area contributed by atoms with Crippen molar-refractivity contribution >= 4 is 11.9 Å². The number of carboxylic acid groups (broad SMARTS) is 1. The number of aliphatic carboxylic acids is 1. The van der Waals surface area contributed by atoms with Gasteiger partial charge in [-0.3, -0.25) is 9.59 Å². The summed E-state index contributed by atoms with van der Waals surface area (Å²) in [5.74, 6) is -0.774. The Labute approximate surface area is 192 Å². The van der Waals surface area contributed by atoms with E-state index in [1.807, 2.05) is 18.2 Å². The molecule has 1 aliphatic carbocycles. The van der Waals surface area contributed by atoms with E-state index in [2.05, 4.69) is 5.32 Å². The quantitative estimate of drug-likeness (QED) is 0.695. The minimum atomic E-state index is -1.12. The molecule has 0 spiro atoms. The van der Waals surface area contributed by atoms with Gasteiger partial charge in [0.25, 0.3) is 11.5 Å². The normalized spacial score (nSPS) is 16.0. The Morgan fingerprint density at radius 3 is 2.52 bits per heavy atom. The van der Waals surface area contributed by atoms with E-state index < -0.39 is 23.5 Å². The maximum atomic E-state index is 13.5. The monoisotopic (exact) mass is 454 g/mol. The van der Waals surface area contributed by atoms with Crippen LogP contribution in [0, 0.1) is 5.92 Å². The van der Waals surface area contributed by atoms with Crippen LogP contribution in [0.3, 0.4) is 0 Å². The lowest BCUT2D eigenvalue weighted by Gasteiger charge is -2.22. The van der Waals surface area contributed by atoms with E-state index in [1.54, 1.807) is 24.5 Å². The molecular weight excluding hydrogens is 424 g/mol. The van der Waals surface area contributed by atoms with Crippen molar-refractivity contribution in [3.05, 3.63) is 57.0 Å². The number of rotatable bonds is 6. The molecule has 0 bridgehead atoms. The lowest BCUT2D eigenvalue weighted by molar-refractivity contribution is -0.140. The lowest BCUT2D eigenvalue weighted by Crippen LogP contribution is -2.46. The summed E-state index contributed by atoms with van der Waals surface area (Å²) in [6.07, 6.45) is 5.73. The predicted molar refractivity (Wildman–Crippen MR) is 122 cm³/mol. The Balaban J connectivity index is 1.75. The Kier molecular flexibility index (Phi) is 6.72. The molecule has 0 fully saturated rings. The van der Waals surface area contributed by atoms with Gasteiger partial charge in [0, 0.05) is 5.69 Å². The van der Waals surface area contributed by atoms with Crippen molar-refractivity contribution in [3.8, 4) is 11.5 Å². The zero-order chi connectivity index (χ0) is 23.5. The van der Waals surface area contributed by atoms with Gasteiger partial charge >= 0.3 is 5.97 Å². The molecular formula is C25H30N2O6. The molecule has 176 valence electrons. The molecule has 1 aliphatic heterocycles. The summed E-state index contributed by atoms with van der Waals surface area (Å²) in [6, 6.07) is 6.18. The molecule has 0 saturated carbocycles. The van der Waals surface area contributed by atoms with Crippen LogP contribution in [0.15, 0.2) is 29.1 Å². The topological polar surface area (TPSA) is 107 Å². The minimum absolute atomic E-state index is 0.0121. The standard InChI is InChI=1S/C25H30N2O6/c1-15(2)22(25(30)31)26-23(28)18-12-17-7-5-3-4-6-8-19(17)27(24(18)29)13-16-9-10-20-21(11-16)33-14-32-20/h9-12,15,22H,3-8,13-14H2,1-2H3,(H,26,28)(H,30,31)/t22-/m0/s1. The van der Waals surface area contributed by atoms with Crippen LogP contribution < -0.4 is 20.3 Å². The fourth-order valence-electron chi connectivity index (χ4n) is 4.52. The molecule has 8 heteroatoms. The number of aromatic nitrogens is 1. The van der Waals surface area contributed by atoms with Crippen LogP contribution in [-0.2, 0) is 24.2 Å². The predicted octanol–water partition coefficient (Wildman–Crippen LogP) is 3.12. The van der Waals surface area contributed by atoms with Gasteiger partial charge in [-0.1, -0.05) is 32.8 Å². The van der Waals surface area contributed by atoms with Crippen LogP contribution in [0.2, 0.25) is 0 Å². The second-order valence-corrected chi connectivity index (χ2v) is 9.06. The highest BCUT2D eigenvalue weighted by molar-refractivity contribution is 5.96. The number of ether oxygens (including phenoxy) is 2. The van der Waals surface area contributed by atoms with Gasteiger partial charge < -0.3 is 24.5 Å². The summed E-state index contributed by atoms with van der Waals surface area (Å²) in [6.45, 7) is 3.91. The summed E-state index contributed by atoms with van der Waals surface area (Å²) in [4.78, 5) is 38.2. The lowest BCUT2D eigenvalue weighted by atomic mass is 9.95. The van der Waals surface area contributed by atoms with Gasteiger partial charge in [0.05, 0.1) is 6.54 Å². The fraction of sp³-hybridized carbons (Fsp3) is 0.480. The highest BCUT2D eigenvalue weighted by Gasteiger charge is 2.27. The molecule has 33 heavy (non-hydrogen) atoms. The fourth-order valence-corrected chi connectivity index (χ4v) is 4.52. The number of carbonyl (C=O) groups is 2. The van der Waals surface area contributed by atoms with Gasteiger partial charge in [0.2, 0.25) is 6.79 Å². The summed E-state index contributed by atoms with van der Waals surface area (Å²) in [7, 11) is 0. The molecule has 8 nitrogen and oxygen atoms in total. The van der Waals surface area contributed by atoms with Crippen molar-refractivity contribution in [3.63, 3.8) is 0 Å². The molecule has 4 rings (SSSR count). The Morgan fingerprint density at radius 1 is 1.06 bits per heavy atom. The number of carboxylic acids is 1. The van der Waals surface area contributed by atoms with Gasteiger partial charge in [-0.25, -0.2) is 4.79 Å². The van der Waals surface area contributed by atoms with E-state index in [-0.39, 0.29) is 18.3 Å². The Hall–Kier alpha value is -3.29. The SMILES string of the molecule is CC(C)[C@H](NC(=O)c1cc2c(n(Cc3ccc4c(c3)OCO4)c1=O)CCCCCC2)C(=O)O. The Bertz CT molecular complexity index is 1120. The van der Waals surface area contributed by atoms with Crippen LogP contribution in [0.1, 0.15) is 66.7 Å². The van der Waals surface area contributed by atoms with Crippen LogP contribution in [0.25, 0.3) is 0 Å². The van der Waals surface area contributed by atoms with Crippen LogP contribution in [-0.4, -0.2) is 34.4 Å². The summed E-state index contributed by atoms with van der Waals surface area (Å²) >= 11 is 0. The first-order valence-corrected chi connectivity index (χ1v) is 11.5. The van der Waals surface area contributed by atoms with Crippen molar-refractivity contribution in [2.45, 2.75) is 65.0 Å². The number of pyridine rings is 1. The molecule has 2 heterocycles. The largest absolute Gasteiger partial charge is 0.480 e. The van der Waals surface area contributed by atoms with Gasteiger partial charge in [0.15, 0.2) is 11.5 Å². The molecule has 1 aromatic heterocycles. The molecule has 1 amide bonds. The molecule has 0 unspecified atom stereocenters. The van der Waals surface area contributed by atoms with Crippen molar-refractivity contribution in [2.24, 2.45) is 5.92 Å². The number of hydrogen-bond acceptors (Lipinski definition) is 5. The number of aryl methyl sites for hydroxylation is 1. The van der Waals surface area contributed by atoms with Crippen LogP contribution >= 0.6 is 0 Å². The van der Waals surface area contributed by atoms with Crippen LogP contribution in [0.5, 0.6) is 11.5 Å². The van der Waals surface area contributed by atoms with Crippen LogP contribution in [0.4, 0.5) is 0 Å². The van der Waals surface area contributed by atoms with E-state index in [0.717, 1.165) is 55.3 Å². The van der Waals surface area contributed by atoms with Crippen molar-refractivity contribution in [1.29, 1.82) is 0 Å². The second-order valence-electron chi connectivity index (χ2n) is 9.06. The van der Waals surface area contributed by atoms with Gasteiger partial charge in [-0.15, -0.1) is 0 Å². The average Bonchev–Trinajstić information content (AvgIpc) is 3.22. The van der Waals surface area contributed by atoms with E-state index in [0.29, 0.717) is 18.0 Å². The maximum absolute atomic E-state index is 13.5. The first-order valence-electron chi connectivity index (χ1n) is 11.5. The zero-order valence-electron chi connectivity index (χ0n) is 19.1. The van der Waals surface area contributed by atoms with Gasteiger partial charge in [0.1, 0.15) is 11.6 Å². The highest BCUT2D eigenvalue weighted by atomic mass is 16.7. The third-order valence-corrected chi connectivity index (χ3v) is 6.34. The summed E-state index contributed by atoms with van der Waals surface area (Å²) in [5, 5.41) is 12.0.